The van der Waals surface area contributed by atoms with Crippen LogP contribution in [0, 0.1) is 11.3 Å². The monoisotopic (exact) mass is 139 g/mol. The van der Waals surface area contributed by atoms with E-state index in [1.54, 1.807) is 0 Å². The normalized spacial score (nSPS) is 48.3. The topological polar surface area (TPSA) is 29.1 Å². The predicted octanol–water partition coefficient (Wildman–Crippen LogP) is 0.921. The molecule has 2 atom stereocenters. The van der Waals surface area contributed by atoms with Crippen LogP contribution in [0.15, 0.2) is 0 Å². The first kappa shape index (κ1) is 6.20. The summed E-state index contributed by atoms with van der Waals surface area (Å²) in [6.45, 7) is 6.41. The molecule has 0 spiro atoms. The number of piperidine rings is 1. The quantitative estimate of drug-likeness (QED) is 0.531. The van der Waals surface area contributed by atoms with E-state index < -0.39 is 0 Å². The van der Waals surface area contributed by atoms with E-state index in [0.717, 1.165) is 6.42 Å². The first-order valence-electron chi connectivity index (χ1n) is 3.79. The minimum absolute atomic E-state index is 0.0365. The maximum Gasteiger partial charge on any atom is 0.224 e. The highest BCUT2D eigenvalue weighted by Gasteiger charge is 2.68. The summed E-state index contributed by atoms with van der Waals surface area (Å²) in [6.07, 6.45) is 1.09. The van der Waals surface area contributed by atoms with Crippen molar-refractivity contribution in [3.05, 3.63) is 0 Å². The number of nitrogens with one attached hydrogen (secondary N) is 1. The summed E-state index contributed by atoms with van der Waals surface area (Å²) >= 11 is 0. The lowest BCUT2D eigenvalue weighted by Crippen LogP contribution is -2.43. The molecule has 2 nitrogen and oxygen atoms in total. The van der Waals surface area contributed by atoms with Crippen molar-refractivity contribution in [3.63, 3.8) is 0 Å². The second kappa shape index (κ2) is 1.25. The molecule has 56 valence electrons. The molecule has 1 saturated carbocycles. The molecule has 0 aromatic carbocycles. The highest BCUT2D eigenvalue weighted by molar-refractivity contribution is 5.87. The molecule has 1 amide bonds. The number of amides is 1. The molecule has 10 heavy (non-hydrogen) atoms. The second-order valence-electron chi connectivity index (χ2n) is 4.29. The van der Waals surface area contributed by atoms with Gasteiger partial charge >= 0.3 is 0 Å². The van der Waals surface area contributed by atoms with E-state index in [1.165, 1.54) is 0 Å². The van der Waals surface area contributed by atoms with Gasteiger partial charge in [0.05, 0.1) is 0 Å². The molecule has 1 aliphatic carbocycles. The zero-order valence-corrected chi connectivity index (χ0v) is 6.69. The van der Waals surface area contributed by atoms with Crippen LogP contribution in [0.4, 0.5) is 0 Å². The SMILES string of the molecule is CC1(C)NC(=O)[C@@H]2C[C@]21C. The fourth-order valence-electron chi connectivity index (χ4n) is 1.98. The van der Waals surface area contributed by atoms with Gasteiger partial charge in [0.25, 0.3) is 0 Å². The van der Waals surface area contributed by atoms with Crippen molar-refractivity contribution in [1.82, 2.24) is 5.32 Å². The van der Waals surface area contributed by atoms with E-state index in [-0.39, 0.29) is 16.9 Å². The van der Waals surface area contributed by atoms with Crippen molar-refractivity contribution >= 4 is 5.91 Å². The van der Waals surface area contributed by atoms with Crippen molar-refractivity contribution in [2.75, 3.05) is 0 Å². The molecule has 2 aliphatic rings. The Bertz CT molecular complexity index is 207. The van der Waals surface area contributed by atoms with Crippen molar-refractivity contribution in [2.45, 2.75) is 32.7 Å². The Morgan fingerprint density at radius 2 is 2.10 bits per heavy atom. The minimum Gasteiger partial charge on any atom is -0.350 e. The lowest BCUT2D eigenvalue weighted by atomic mass is 9.87. The van der Waals surface area contributed by atoms with Gasteiger partial charge in [-0.05, 0) is 20.3 Å². The molecular formula is C8H13NO. The molecule has 0 bridgehead atoms. The molecule has 1 aliphatic heterocycles. The maximum absolute atomic E-state index is 11.1. The summed E-state index contributed by atoms with van der Waals surface area (Å²) in [4.78, 5) is 11.1. The third kappa shape index (κ3) is 0.446. The van der Waals surface area contributed by atoms with Gasteiger partial charge in [-0.2, -0.15) is 0 Å². The van der Waals surface area contributed by atoms with E-state index in [0.29, 0.717) is 5.92 Å². The van der Waals surface area contributed by atoms with E-state index in [2.05, 4.69) is 26.1 Å². The molecule has 2 fully saturated rings. The maximum atomic E-state index is 11.1. The summed E-state index contributed by atoms with van der Waals surface area (Å²) < 4.78 is 0. The minimum atomic E-state index is 0.0365. The van der Waals surface area contributed by atoms with Crippen LogP contribution >= 0.6 is 0 Å². The third-order valence-electron chi connectivity index (χ3n) is 3.42. The second-order valence-corrected chi connectivity index (χ2v) is 4.29. The fraction of sp³-hybridized carbons (Fsp3) is 0.875. The lowest BCUT2D eigenvalue weighted by Gasteiger charge is -2.27. The van der Waals surface area contributed by atoms with Gasteiger partial charge in [0.1, 0.15) is 0 Å². The number of rotatable bonds is 0. The molecule has 2 heteroatoms. The number of carbonyl (C=O) groups is 1. The van der Waals surface area contributed by atoms with Crippen LogP contribution in [0.5, 0.6) is 0 Å². The van der Waals surface area contributed by atoms with E-state index in [9.17, 15) is 4.79 Å². The summed E-state index contributed by atoms with van der Waals surface area (Å²) in [5, 5.41) is 2.99. The average molecular weight is 139 g/mol. The smallest absolute Gasteiger partial charge is 0.224 e. The van der Waals surface area contributed by atoms with Crippen molar-refractivity contribution in [3.8, 4) is 0 Å². The van der Waals surface area contributed by atoms with Gasteiger partial charge in [0.15, 0.2) is 0 Å². The molecule has 1 heterocycles. The Morgan fingerprint density at radius 3 is 2.20 bits per heavy atom. The average Bonchev–Trinajstić information content (AvgIpc) is 2.37. The molecule has 1 N–H and O–H groups in total. The molecule has 0 radical (unpaired) electrons. The molecule has 1 saturated heterocycles. The van der Waals surface area contributed by atoms with Gasteiger partial charge in [-0.15, -0.1) is 0 Å². The van der Waals surface area contributed by atoms with Gasteiger partial charge in [0.2, 0.25) is 5.91 Å². The Kier molecular flexibility index (Phi) is 0.773. The lowest BCUT2D eigenvalue weighted by molar-refractivity contribution is -0.121. The van der Waals surface area contributed by atoms with Crippen molar-refractivity contribution < 1.29 is 4.79 Å². The van der Waals surface area contributed by atoms with Crippen molar-refractivity contribution in [1.29, 1.82) is 0 Å². The van der Waals surface area contributed by atoms with Crippen LogP contribution in [0.25, 0.3) is 0 Å². The first-order chi connectivity index (χ1) is 4.47. The molecule has 0 aromatic heterocycles. The number of hydrogen-bond donors (Lipinski definition) is 1. The molecule has 0 unspecified atom stereocenters. The molecule has 2 rings (SSSR count). The Labute approximate surface area is 61.0 Å². The standard InChI is InChI=1S/C8H13NO/c1-7(2)8(3)4-5(8)6(10)9-7/h5H,4H2,1-3H3,(H,9,10)/t5-,8+/m0/s1. The van der Waals surface area contributed by atoms with Gasteiger partial charge in [-0.25, -0.2) is 0 Å². The van der Waals surface area contributed by atoms with Gasteiger partial charge in [0, 0.05) is 16.9 Å². The number of carbonyl (C=O) groups excluding carboxylic acids is 1. The Hall–Kier alpha value is -0.530. The highest BCUT2D eigenvalue weighted by atomic mass is 16.2. The first-order valence-corrected chi connectivity index (χ1v) is 3.79. The molecule has 0 aromatic rings. The number of hydrogen-bond acceptors (Lipinski definition) is 1. The Balaban J connectivity index is 2.37. The van der Waals surface area contributed by atoms with Crippen LogP contribution in [0.3, 0.4) is 0 Å². The van der Waals surface area contributed by atoms with E-state index in [4.69, 9.17) is 0 Å². The van der Waals surface area contributed by atoms with Gasteiger partial charge < -0.3 is 5.32 Å². The summed E-state index contributed by atoms with van der Waals surface area (Å²) in [6, 6.07) is 0. The van der Waals surface area contributed by atoms with Crippen LogP contribution in [0.1, 0.15) is 27.2 Å². The predicted molar refractivity (Wildman–Crippen MR) is 38.4 cm³/mol. The van der Waals surface area contributed by atoms with Crippen LogP contribution in [-0.2, 0) is 4.79 Å². The highest BCUT2D eigenvalue weighted by Crippen LogP contribution is 2.62. The largest absolute Gasteiger partial charge is 0.350 e. The van der Waals surface area contributed by atoms with Gasteiger partial charge in [-0.3, -0.25) is 4.79 Å². The Morgan fingerprint density at radius 1 is 1.50 bits per heavy atom. The van der Waals surface area contributed by atoms with E-state index in [1.807, 2.05) is 0 Å². The van der Waals surface area contributed by atoms with Crippen LogP contribution < -0.4 is 5.32 Å². The molecular weight excluding hydrogens is 126 g/mol. The summed E-state index contributed by atoms with van der Waals surface area (Å²) in [5.41, 5.74) is 0.304. The summed E-state index contributed by atoms with van der Waals surface area (Å²) in [5.74, 6) is 0.579. The van der Waals surface area contributed by atoms with Crippen LogP contribution in [0.2, 0.25) is 0 Å². The van der Waals surface area contributed by atoms with E-state index >= 15 is 0 Å². The zero-order chi connectivity index (χ0) is 7.57. The third-order valence-corrected chi connectivity index (χ3v) is 3.42. The van der Waals surface area contributed by atoms with Gasteiger partial charge in [-0.1, -0.05) is 6.92 Å². The van der Waals surface area contributed by atoms with Crippen LogP contribution in [-0.4, -0.2) is 11.4 Å². The summed E-state index contributed by atoms with van der Waals surface area (Å²) in [7, 11) is 0. The zero-order valence-electron chi connectivity index (χ0n) is 6.69. The fourth-order valence-corrected chi connectivity index (χ4v) is 1.98. The van der Waals surface area contributed by atoms with Crippen molar-refractivity contribution in [2.24, 2.45) is 11.3 Å². The number of fused-ring (bicyclic) bond motifs is 1.